The van der Waals surface area contributed by atoms with Crippen molar-refractivity contribution >= 4 is 16.7 Å². The number of rotatable bonds is 4. The molecular formula is C24H30N4O. The van der Waals surface area contributed by atoms with Gasteiger partial charge < -0.3 is 19.9 Å². The third-order valence-electron chi connectivity index (χ3n) is 6.50. The number of hydrogen-bond donors (Lipinski definition) is 2. The third kappa shape index (κ3) is 3.43. The van der Waals surface area contributed by atoms with E-state index in [4.69, 9.17) is 9.72 Å². The molecule has 1 aromatic heterocycles. The molecule has 2 aliphatic heterocycles. The summed E-state index contributed by atoms with van der Waals surface area (Å²) < 4.78 is 8.37. The molecule has 0 aliphatic carbocycles. The lowest BCUT2D eigenvalue weighted by Crippen LogP contribution is -2.43. The average Bonchev–Trinajstić information content (AvgIpc) is 3.12. The number of aryl methyl sites for hydroxylation is 1. The number of nitrogens with zero attached hydrogens (tertiary/aromatic N) is 2. The summed E-state index contributed by atoms with van der Waals surface area (Å²) >= 11 is 0. The highest BCUT2D eigenvalue weighted by Crippen LogP contribution is 2.36. The predicted octanol–water partition coefficient (Wildman–Crippen LogP) is 3.92. The quantitative estimate of drug-likeness (QED) is 0.709. The smallest absolute Gasteiger partial charge is 0.114 e. The van der Waals surface area contributed by atoms with E-state index in [9.17, 15) is 0 Å². The van der Waals surface area contributed by atoms with Crippen LogP contribution in [-0.2, 0) is 17.6 Å². The average molecular weight is 391 g/mol. The fourth-order valence-corrected chi connectivity index (χ4v) is 4.98. The summed E-state index contributed by atoms with van der Waals surface area (Å²) in [5, 5.41) is 7.13. The molecule has 0 spiro atoms. The van der Waals surface area contributed by atoms with Crippen LogP contribution in [-0.4, -0.2) is 41.9 Å². The second-order valence-corrected chi connectivity index (χ2v) is 8.44. The highest BCUT2D eigenvalue weighted by Gasteiger charge is 2.31. The van der Waals surface area contributed by atoms with Gasteiger partial charge in [-0.25, -0.2) is 4.98 Å². The summed E-state index contributed by atoms with van der Waals surface area (Å²) in [6.45, 7) is 4.15. The molecule has 2 N–H and O–H groups in total. The number of nitrogens with one attached hydrogen (secondary N) is 2. The van der Waals surface area contributed by atoms with Crippen LogP contribution in [0.5, 0.6) is 0 Å². The topological polar surface area (TPSA) is 51.1 Å². The maximum Gasteiger partial charge on any atom is 0.114 e. The van der Waals surface area contributed by atoms with Gasteiger partial charge in [0.2, 0.25) is 0 Å². The summed E-state index contributed by atoms with van der Waals surface area (Å²) in [5.74, 6) is 1.15. The second-order valence-electron chi connectivity index (χ2n) is 8.44. The van der Waals surface area contributed by atoms with Crippen molar-refractivity contribution in [2.24, 2.45) is 0 Å². The molecule has 0 unspecified atom stereocenters. The van der Waals surface area contributed by atoms with Crippen LogP contribution in [0.25, 0.3) is 11.0 Å². The Hall–Kier alpha value is -2.37. The van der Waals surface area contributed by atoms with E-state index in [1.807, 2.05) is 7.11 Å². The van der Waals surface area contributed by atoms with Crippen LogP contribution < -0.4 is 10.6 Å². The molecule has 3 atom stereocenters. The minimum Gasteiger partial charge on any atom is -0.382 e. The third-order valence-corrected chi connectivity index (χ3v) is 6.50. The molecule has 0 bridgehead atoms. The molecule has 0 amide bonds. The number of imidazole rings is 1. The number of piperidine rings is 1. The molecule has 3 heterocycles. The van der Waals surface area contributed by atoms with Crippen LogP contribution in [0.2, 0.25) is 0 Å². The van der Waals surface area contributed by atoms with E-state index in [0.717, 1.165) is 44.6 Å². The predicted molar refractivity (Wildman–Crippen MR) is 118 cm³/mol. The van der Waals surface area contributed by atoms with Gasteiger partial charge in [0, 0.05) is 37.4 Å². The van der Waals surface area contributed by atoms with Crippen LogP contribution in [0.1, 0.15) is 42.8 Å². The Kier molecular flexibility index (Phi) is 5.02. The molecule has 2 aliphatic rings. The van der Waals surface area contributed by atoms with Crippen molar-refractivity contribution < 1.29 is 4.74 Å². The molecule has 152 valence electrons. The highest BCUT2D eigenvalue weighted by molar-refractivity contribution is 5.86. The molecule has 2 aromatic carbocycles. The minimum atomic E-state index is 0.157. The van der Waals surface area contributed by atoms with Gasteiger partial charge in [0.15, 0.2) is 0 Å². The first-order chi connectivity index (χ1) is 14.2. The molecule has 5 nitrogen and oxygen atoms in total. The summed E-state index contributed by atoms with van der Waals surface area (Å²) in [7, 11) is 1.83. The van der Waals surface area contributed by atoms with Crippen molar-refractivity contribution in [2.45, 2.75) is 50.8 Å². The number of benzene rings is 2. The lowest BCUT2D eigenvalue weighted by atomic mass is 9.97. The Morgan fingerprint density at radius 2 is 2.00 bits per heavy atom. The zero-order valence-corrected chi connectivity index (χ0v) is 17.3. The Balaban J connectivity index is 1.66. The molecular weight excluding hydrogens is 360 g/mol. The summed E-state index contributed by atoms with van der Waals surface area (Å²) in [4.78, 5) is 5.24. The fraction of sp³-hybridized carbons (Fsp3) is 0.458. The van der Waals surface area contributed by atoms with E-state index in [2.05, 4.69) is 64.6 Å². The Labute approximate surface area is 172 Å². The first-order valence-electron chi connectivity index (χ1n) is 10.8. The van der Waals surface area contributed by atoms with Crippen LogP contribution in [0, 0.1) is 0 Å². The first kappa shape index (κ1) is 18.6. The van der Waals surface area contributed by atoms with Crippen molar-refractivity contribution in [3.8, 4) is 0 Å². The fourth-order valence-electron chi connectivity index (χ4n) is 4.98. The largest absolute Gasteiger partial charge is 0.382 e. The second kappa shape index (κ2) is 7.81. The number of ether oxygens (including phenoxy) is 1. The molecule has 5 heteroatoms. The molecule has 29 heavy (non-hydrogen) atoms. The summed E-state index contributed by atoms with van der Waals surface area (Å²) in [5.41, 5.74) is 6.34. The van der Waals surface area contributed by atoms with Gasteiger partial charge in [0.05, 0.1) is 23.2 Å². The van der Waals surface area contributed by atoms with E-state index < -0.39 is 0 Å². The lowest BCUT2D eigenvalue weighted by Gasteiger charge is -2.33. The Morgan fingerprint density at radius 1 is 1.14 bits per heavy atom. The van der Waals surface area contributed by atoms with Crippen LogP contribution in [0.15, 0.2) is 42.5 Å². The number of anilines is 1. The van der Waals surface area contributed by atoms with Crippen molar-refractivity contribution in [3.05, 3.63) is 59.4 Å². The van der Waals surface area contributed by atoms with Gasteiger partial charge in [-0.3, -0.25) is 0 Å². The van der Waals surface area contributed by atoms with Crippen LogP contribution in [0.3, 0.4) is 0 Å². The maximum absolute atomic E-state index is 5.88. The molecule has 1 saturated heterocycles. The van der Waals surface area contributed by atoms with E-state index in [0.29, 0.717) is 12.1 Å². The maximum atomic E-state index is 5.88. The summed E-state index contributed by atoms with van der Waals surface area (Å²) in [6, 6.07) is 16.0. The van der Waals surface area contributed by atoms with Gasteiger partial charge >= 0.3 is 0 Å². The highest BCUT2D eigenvalue weighted by atomic mass is 16.5. The van der Waals surface area contributed by atoms with Gasteiger partial charge in [0.25, 0.3) is 0 Å². The molecule has 0 saturated carbocycles. The Morgan fingerprint density at radius 3 is 2.83 bits per heavy atom. The first-order valence-corrected chi connectivity index (χ1v) is 10.8. The number of methoxy groups -OCH3 is 1. The van der Waals surface area contributed by atoms with E-state index in [-0.39, 0.29) is 6.10 Å². The number of fused-ring (bicyclic) bond motifs is 3. The van der Waals surface area contributed by atoms with E-state index >= 15 is 0 Å². The van der Waals surface area contributed by atoms with Crippen LogP contribution in [0.4, 0.5) is 5.69 Å². The van der Waals surface area contributed by atoms with Gasteiger partial charge in [-0.2, -0.15) is 0 Å². The molecule has 3 aromatic rings. The van der Waals surface area contributed by atoms with Crippen molar-refractivity contribution in [2.75, 3.05) is 25.5 Å². The minimum absolute atomic E-state index is 0.157. The van der Waals surface area contributed by atoms with Gasteiger partial charge in [0.1, 0.15) is 5.82 Å². The zero-order chi connectivity index (χ0) is 19.8. The standard InChI is InChI=1S/C24H30N4O/c1-16-8-9-18-19(26-16)10-11-21-24(18)27-23(14-17-6-4-3-5-7-17)28(21)20-12-13-25-15-22(20)29-2/h3-7,10-11,16,20,22,25-26H,8-9,12-15H2,1-2H3/t16-,20+,22-/m0/s1. The molecule has 0 radical (unpaired) electrons. The van der Waals surface area contributed by atoms with E-state index in [1.54, 1.807) is 0 Å². The van der Waals surface area contributed by atoms with Crippen molar-refractivity contribution in [1.29, 1.82) is 0 Å². The summed E-state index contributed by atoms with van der Waals surface area (Å²) in [6.07, 6.45) is 4.29. The number of hydrogen-bond acceptors (Lipinski definition) is 4. The monoisotopic (exact) mass is 390 g/mol. The van der Waals surface area contributed by atoms with Gasteiger partial charge in [-0.1, -0.05) is 30.3 Å². The Bertz CT molecular complexity index is 997. The van der Waals surface area contributed by atoms with Gasteiger partial charge in [-0.15, -0.1) is 0 Å². The van der Waals surface area contributed by atoms with Crippen molar-refractivity contribution in [1.82, 2.24) is 14.9 Å². The van der Waals surface area contributed by atoms with Gasteiger partial charge in [-0.05, 0) is 50.4 Å². The molecule has 5 rings (SSSR count). The normalized spacial score (nSPS) is 24.3. The van der Waals surface area contributed by atoms with E-state index in [1.165, 1.54) is 27.8 Å². The molecule has 1 fully saturated rings. The lowest BCUT2D eigenvalue weighted by molar-refractivity contribution is 0.0396. The number of aromatic nitrogens is 2. The zero-order valence-electron chi connectivity index (χ0n) is 17.3. The van der Waals surface area contributed by atoms with Crippen LogP contribution >= 0.6 is 0 Å². The van der Waals surface area contributed by atoms with Crippen molar-refractivity contribution in [3.63, 3.8) is 0 Å². The SMILES string of the molecule is CO[C@H]1CNCC[C@H]1n1c(Cc2ccccc2)nc2c3c(ccc21)N[C@@H](C)CC3.